The fourth-order valence-electron chi connectivity index (χ4n) is 3.54. The van der Waals surface area contributed by atoms with E-state index in [2.05, 4.69) is 39.8 Å². The molecule has 29 heavy (non-hydrogen) atoms. The van der Waals surface area contributed by atoms with Crippen molar-refractivity contribution in [2.45, 2.75) is 32.7 Å². The lowest BCUT2D eigenvalue weighted by Gasteiger charge is -2.32. The summed E-state index contributed by atoms with van der Waals surface area (Å²) in [6, 6.07) is 14.0. The number of benzene rings is 2. The Labute approximate surface area is 172 Å². The van der Waals surface area contributed by atoms with Gasteiger partial charge in [-0.25, -0.2) is 0 Å². The Bertz CT molecular complexity index is 866. The number of carbonyl (C=O) groups is 2. The van der Waals surface area contributed by atoms with Gasteiger partial charge in [-0.05, 0) is 42.2 Å². The van der Waals surface area contributed by atoms with Gasteiger partial charge in [0, 0.05) is 51.1 Å². The molecule has 6 nitrogen and oxygen atoms in total. The second-order valence-corrected chi connectivity index (χ2v) is 7.18. The van der Waals surface area contributed by atoms with Gasteiger partial charge in [0.1, 0.15) is 0 Å². The number of methoxy groups -OCH3 is 1. The molecular formula is C23H29N3O3. The van der Waals surface area contributed by atoms with Crippen LogP contribution in [0.2, 0.25) is 0 Å². The molecule has 2 aromatic rings. The van der Waals surface area contributed by atoms with E-state index in [1.165, 1.54) is 11.1 Å². The summed E-state index contributed by atoms with van der Waals surface area (Å²) in [6.07, 6.45) is 2.09. The first-order valence-corrected chi connectivity index (χ1v) is 10.1. The molecule has 0 aromatic heterocycles. The van der Waals surface area contributed by atoms with Crippen LogP contribution in [0.4, 0.5) is 11.4 Å². The highest BCUT2D eigenvalue weighted by Crippen LogP contribution is 2.29. The largest absolute Gasteiger partial charge is 0.385 e. The molecule has 0 saturated carbocycles. The Kier molecular flexibility index (Phi) is 7.25. The van der Waals surface area contributed by atoms with Gasteiger partial charge in [-0.3, -0.25) is 9.59 Å². The average molecular weight is 396 g/mol. The van der Waals surface area contributed by atoms with Gasteiger partial charge in [-0.1, -0.05) is 31.2 Å². The number of anilines is 2. The first-order chi connectivity index (χ1) is 14.1. The lowest BCUT2D eigenvalue weighted by molar-refractivity contribution is -0.115. The molecule has 1 heterocycles. The van der Waals surface area contributed by atoms with E-state index in [1.807, 2.05) is 12.1 Å². The highest BCUT2D eigenvalue weighted by Gasteiger charge is 2.21. The fourth-order valence-corrected chi connectivity index (χ4v) is 3.54. The molecule has 1 aliphatic rings. The van der Waals surface area contributed by atoms with Gasteiger partial charge < -0.3 is 20.3 Å². The summed E-state index contributed by atoms with van der Waals surface area (Å²) in [4.78, 5) is 27.0. The summed E-state index contributed by atoms with van der Waals surface area (Å²) in [5, 5.41) is 5.82. The number of carbonyl (C=O) groups excluding carboxylic acids is 2. The third kappa shape index (κ3) is 5.35. The zero-order chi connectivity index (χ0) is 20.6. The van der Waals surface area contributed by atoms with Crippen LogP contribution in [0.5, 0.6) is 0 Å². The van der Waals surface area contributed by atoms with Crippen LogP contribution in [-0.2, 0) is 22.5 Å². The zero-order valence-electron chi connectivity index (χ0n) is 17.2. The summed E-state index contributed by atoms with van der Waals surface area (Å²) < 4.78 is 5.05. The van der Waals surface area contributed by atoms with Crippen LogP contribution >= 0.6 is 0 Å². The standard InChI is InChI=1S/C23H29N3O3/c1-3-22(27)25-19-9-10-21(20(15-19)23(28)24-12-6-14-29-2)26-13-11-17-7-4-5-8-18(17)16-26/h4-5,7-10,15H,3,6,11-14,16H2,1-2H3,(H,24,28)(H,25,27). The molecule has 0 aliphatic carbocycles. The molecule has 3 rings (SSSR count). The minimum atomic E-state index is -0.137. The van der Waals surface area contributed by atoms with E-state index in [-0.39, 0.29) is 11.8 Å². The first-order valence-electron chi connectivity index (χ1n) is 10.1. The molecule has 0 bridgehead atoms. The second-order valence-electron chi connectivity index (χ2n) is 7.18. The average Bonchev–Trinajstić information content (AvgIpc) is 2.76. The molecule has 0 fully saturated rings. The number of amides is 2. The van der Waals surface area contributed by atoms with Crippen molar-refractivity contribution in [2.24, 2.45) is 0 Å². The highest BCUT2D eigenvalue weighted by molar-refractivity contribution is 6.02. The molecule has 0 unspecified atom stereocenters. The lowest BCUT2D eigenvalue weighted by atomic mass is 9.98. The zero-order valence-corrected chi connectivity index (χ0v) is 17.2. The number of hydrogen-bond acceptors (Lipinski definition) is 4. The molecular weight excluding hydrogens is 366 g/mol. The summed E-state index contributed by atoms with van der Waals surface area (Å²) in [6.45, 7) is 4.56. The Hall–Kier alpha value is -2.86. The van der Waals surface area contributed by atoms with Crippen LogP contribution in [0.1, 0.15) is 41.3 Å². The Morgan fingerprint density at radius 2 is 1.93 bits per heavy atom. The van der Waals surface area contributed by atoms with Gasteiger partial charge in [0.05, 0.1) is 5.56 Å². The van der Waals surface area contributed by atoms with Gasteiger partial charge in [-0.2, -0.15) is 0 Å². The molecule has 1 aliphatic heterocycles. The van der Waals surface area contributed by atoms with E-state index < -0.39 is 0 Å². The maximum Gasteiger partial charge on any atom is 0.253 e. The Balaban J connectivity index is 1.85. The molecule has 2 N–H and O–H groups in total. The predicted octanol–water partition coefficient (Wildman–Crippen LogP) is 3.36. The van der Waals surface area contributed by atoms with Gasteiger partial charge in [0.15, 0.2) is 0 Å². The van der Waals surface area contributed by atoms with E-state index in [0.717, 1.165) is 31.6 Å². The number of nitrogens with one attached hydrogen (secondary N) is 2. The normalized spacial score (nSPS) is 13.0. The first kappa shape index (κ1) is 20.9. The summed E-state index contributed by atoms with van der Waals surface area (Å²) in [7, 11) is 1.65. The molecule has 6 heteroatoms. The van der Waals surface area contributed by atoms with Crippen molar-refractivity contribution in [3.63, 3.8) is 0 Å². The quantitative estimate of drug-likeness (QED) is 0.673. The van der Waals surface area contributed by atoms with E-state index >= 15 is 0 Å². The van der Waals surface area contributed by atoms with Crippen molar-refractivity contribution in [2.75, 3.05) is 37.0 Å². The van der Waals surface area contributed by atoms with Gasteiger partial charge in [0.2, 0.25) is 5.91 Å². The third-order valence-corrected chi connectivity index (χ3v) is 5.13. The van der Waals surface area contributed by atoms with Crippen molar-refractivity contribution >= 4 is 23.2 Å². The third-order valence-electron chi connectivity index (χ3n) is 5.13. The van der Waals surface area contributed by atoms with E-state index in [4.69, 9.17) is 4.74 Å². The van der Waals surface area contributed by atoms with Crippen LogP contribution in [0, 0.1) is 0 Å². The van der Waals surface area contributed by atoms with Crippen LogP contribution in [0.15, 0.2) is 42.5 Å². The van der Waals surface area contributed by atoms with Crippen LogP contribution < -0.4 is 15.5 Å². The smallest absolute Gasteiger partial charge is 0.253 e. The number of ether oxygens (including phenoxy) is 1. The number of hydrogen-bond donors (Lipinski definition) is 2. The highest BCUT2D eigenvalue weighted by atomic mass is 16.5. The molecule has 154 valence electrons. The predicted molar refractivity (Wildman–Crippen MR) is 115 cm³/mol. The molecule has 0 spiro atoms. The molecule has 2 aromatic carbocycles. The number of fused-ring (bicyclic) bond motifs is 1. The molecule has 0 saturated heterocycles. The van der Waals surface area contributed by atoms with E-state index in [9.17, 15) is 9.59 Å². The number of rotatable bonds is 8. The van der Waals surface area contributed by atoms with Crippen molar-refractivity contribution in [1.29, 1.82) is 0 Å². The minimum absolute atomic E-state index is 0.0731. The van der Waals surface area contributed by atoms with Gasteiger partial charge >= 0.3 is 0 Å². The maximum absolute atomic E-state index is 12.9. The van der Waals surface area contributed by atoms with Crippen molar-refractivity contribution in [3.05, 3.63) is 59.2 Å². The minimum Gasteiger partial charge on any atom is -0.385 e. The lowest BCUT2D eigenvalue weighted by Crippen LogP contribution is -2.33. The topological polar surface area (TPSA) is 70.7 Å². The van der Waals surface area contributed by atoms with Crippen LogP contribution in [0.3, 0.4) is 0 Å². The van der Waals surface area contributed by atoms with E-state index in [0.29, 0.717) is 30.8 Å². The van der Waals surface area contributed by atoms with Crippen LogP contribution in [0.25, 0.3) is 0 Å². The molecule has 0 atom stereocenters. The molecule has 0 radical (unpaired) electrons. The number of nitrogens with zero attached hydrogens (tertiary/aromatic N) is 1. The monoisotopic (exact) mass is 395 g/mol. The second kappa shape index (κ2) is 10.1. The van der Waals surface area contributed by atoms with Crippen LogP contribution in [-0.4, -0.2) is 38.6 Å². The maximum atomic E-state index is 12.9. The van der Waals surface area contributed by atoms with Crippen molar-refractivity contribution < 1.29 is 14.3 Å². The Morgan fingerprint density at radius 1 is 1.14 bits per heavy atom. The van der Waals surface area contributed by atoms with Gasteiger partial charge in [0.25, 0.3) is 5.91 Å². The summed E-state index contributed by atoms with van der Waals surface area (Å²) >= 11 is 0. The van der Waals surface area contributed by atoms with E-state index in [1.54, 1.807) is 20.1 Å². The van der Waals surface area contributed by atoms with Gasteiger partial charge in [-0.15, -0.1) is 0 Å². The Morgan fingerprint density at radius 3 is 2.69 bits per heavy atom. The van der Waals surface area contributed by atoms with Crippen molar-refractivity contribution in [1.82, 2.24) is 5.32 Å². The fraction of sp³-hybridized carbons (Fsp3) is 0.391. The summed E-state index contributed by atoms with van der Waals surface area (Å²) in [5.74, 6) is -0.210. The molecule has 2 amide bonds. The summed E-state index contributed by atoms with van der Waals surface area (Å²) in [5.41, 5.74) is 4.75. The SMILES string of the molecule is CCC(=O)Nc1ccc(N2CCc3ccccc3C2)c(C(=O)NCCCOC)c1. The van der Waals surface area contributed by atoms with Crippen molar-refractivity contribution in [3.8, 4) is 0 Å².